The number of ether oxygens (including phenoxy) is 1. The number of benzene rings is 4. The second-order valence-electron chi connectivity index (χ2n) is 11.8. The second kappa shape index (κ2) is 19.4. The quantitative estimate of drug-likeness (QED) is 0.0986. The minimum absolute atomic E-state index is 0. The Balaban J connectivity index is 0.000000254. The molecule has 12 nitrogen and oxygen atoms in total. The van der Waals surface area contributed by atoms with E-state index in [4.69, 9.17) is 27.9 Å². The molecule has 0 spiro atoms. The first-order chi connectivity index (χ1) is 25.5. The fourth-order valence-electron chi connectivity index (χ4n) is 5.18. The van der Waals surface area contributed by atoms with Gasteiger partial charge in [-0.3, -0.25) is 8.49 Å². The van der Waals surface area contributed by atoms with E-state index in [-0.39, 0.29) is 22.3 Å². The predicted octanol–water partition coefficient (Wildman–Crippen LogP) is 3.38. The van der Waals surface area contributed by atoms with Crippen molar-refractivity contribution in [2.75, 3.05) is 44.6 Å². The Morgan fingerprint density at radius 2 is 1.36 bits per heavy atom. The molecule has 292 valence electrons. The van der Waals surface area contributed by atoms with Gasteiger partial charge < -0.3 is 26.6 Å². The predicted molar refractivity (Wildman–Crippen MR) is 214 cm³/mol. The summed E-state index contributed by atoms with van der Waals surface area (Å²) in [6, 6.07) is 32.3. The molecule has 0 unspecified atom stereocenters. The molecule has 0 saturated heterocycles. The van der Waals surface area contributed by atoms with Crippen LogP contribution < -0.4 is 35.5 Å². The van der Waals surface area contributed by atoms with E-state index in [1.807, 2.05) is 106 Å². The van der Waals surface area contributed by atoms with Crippen LogP contribution in [0.2, 0.25) is 10.0 Å². The molecule has 17 heteroatoms. The number of fused-ring (bicyclic) bond motifs is 2. The largest absolute Gasteiger partial charge is 1.00 e. The molecule has 0 amide bonds. The molecular formula is C38H40Cl3N5O7S2. The smallest absolute Gasteiger partial charge is 0.271 e. The lowest BCUT2D eigenvalue weighted by molar-refractivity contribution is -0.646. The van der Waals surface area contributed by atoms with Gasteiger partial charge in [-0.15, -0.1) is 0 Å². The number of para-hydroxylation sites is 2. The standard InChI is InChI=1S/C20H21ClN3O.C17H16ClN2O2S.CH4O4S.ClH/c1-23(2)15-7-5-14(6-8-15)22-13-16-11-19(21)18-12-17(25-4)9-10-20(18)24(16)3;1-19-12-16(17(18)14-10-6-7-11-15(14)19)23(21,22)20(2)13-8-4-3-5-9-13;1-5-6(2,3)4;/h5-13H,1-4H3;3-12H,1-2H3;1H3,(H,2,3,4);1H/q2*+1;;/p-2. The minimum Gasteiger partial charge on any atom is -1.00 e. The van der Waals surface area contributed by atoms with Crippen LogP contribution in [0.3, 0.4) is 0 Å². The highest BCUT2D eigenvalue weighted by Gasteiger charge is 2.29. The number of anilines is 2. The Kier molecular flexibility index (Phi) is 15.8. The molecule has 6 aromatic rings. The highest BCUT2D eigenvalue weighted by Crippen LogP contribution is 2.31. The third kappa shape index (κ3) is 11.3. The van der Waals surface area contributed by atoms with Crippen LogP contribution in [0.1, 0.15) is 5.69 Å². The number of halogens is 3. The molecule has 0 N–H and O–H groups in total. The van der Waals surface area contributed by atoms with E-state index >= 15 is 0 Å². The summed E-state index contributed by atoms with van der Waals surface area (Å²) in [6.07, 6.45) is 3.39. The van der Waals surface area contributed by atoms with E-state index in [0.29, 0.717) is 16.1 Å². The zero-order chi connectivity index (χ0) is 39.8. The Bertz CT molecular complexity index is 2510. The summed E-state index contributed by atoms with van der Waals surface area (Å²) in [6.45, 7) is 0. The van der Waals surface area contributed by atoms with Crippen molar-refractivity contribution >= 4 is 88.7 Å². The van der Waals surface area contributed by atoms with Crippen molar-refractivity contribution in [3.8, 4) is 5.75 Å². The van der Waals surface area contributed by atoms with Crippen molar-refractivity contribution in [2.45, 2.75) is 4.90 Å². The topological polar surface area (TPSA) is 136 Å². The SMILES string of the molecule is CN(c1ccccc1)S(=O)(=O)c1c[n+](C)c2ccccc2c1Cl.COS(=O)(=O)[O-].COc1ccc2c(c1)c(Cl)cc(C=Nc1ccc(N(C)C)cc1)[n+]2C.[Cl-]. The van der Waals surface area contributed by atoms with Crippen LogP contribution in [0.5, 0.6) is 5.75 Å². The number of nitrogens with zero attached hydrogens (tertiary/aromatic N) is 5. The minimum atomic E-state index is -4.41. The van der Waals surface area contributed by atoms with E-state index in [0.717, 1.165) is 46.3 Å². The summed E-state index contributed by atoms with van der Waals surface area (Å²) in [5.41, 5.74) is 5.46. The number of hydrogen-bond donors (Lipinski definition) is 0. The molecule has 4 aromatic carbocycles. The lowest BCUT2D eigenvalue weighted by Crippen LogP contribution is -3.00. The Labute approximate surface area is 338 Å². The molecule has 0 fully saturated rings. The van der Waals surface area contributed by atoms with Crippen LogP contribution in [-0.4, -0.2) is 63.0 Å². The number of aliphatic imine (C=N–C) groups is 1. The molecule has 55 heavy (non-hydrogen) atoms. The average Bonchev–Trinajstić information content (AvgIpc) is 3.17. The Morgan fingerprint density at radius 3 is 1.95 bits per heavy atom. The van der Waals surface area contributed by atoms with E-state index in [1.54, 1.807) is 49.2 Å². The van der Waals surface area contributed by atoms with Gasteiger partial charge in [0, 0.05) is 45.0 Å². The molecule has 0 aliphatic rings. The Morgan fingerprint density at radius 1 is 0.764 bits per heavy atom. The van der Waals surface area contributed by atoms with Crippen LogP contribution in [0, 0.1) is 0 Å². The number of pyridine rings is 2. The molecule has 0 aliphatic carbocycles. The van der Waals surface area contributed by atoms with Gasteiger partial charge >= 0.3 is 0 Å². The maximum atomic E-state index is 13.0. The summed E-state index contributed by atoms with van der Waals surface area (Å²) in [4.78, 5) is 6.72. The van der Waals surface area contributed by atoms with E-state index < -0.39 is 20.4 Å². The molecule has 0 atom stereocenters. The first kappa shape index (κ1) is 44.9. The molecule has 2 heterocycles. The summed E-state index contributed by atoms with van der Waals surface area (Å²) >= 11 is 12.9. The summed E-state index contributed by atoms with van der Waals surface area (Å²) in [5.74, 6) is 0.789. The fourth-order valence-corrected chi connectivity index (χ4v) is 7.26. The molecule has 2 aromatic heterocycles. The van der Waals surface area contributed by atoms with Crippen LogP contribution >= 0.6 is 23.2 Å². The summed E-state index contributed by atoms with van der Waals surface area (Å²) in [5, 5.41) is 2.58. The number of aryl methyl sites for hydroxylation is 2. The zero-order valence-electron chi connectivity index (χ0n) is 31.0. The first-order valence-electron chi connectivity index (χ1n) is 16.1. The number of aromatic nitrogens is 2. The van der Waals surface area contributed by atoms with E-state index in [1.165, 1.54) is 11.4 Å². The molecular weight excluding hydrogens is 809 g/mol. The molecule has 0 saturated carbocycles. The van der Waals surface area contributed by atoms with Crippen molar-refractivity contribution in [2.24, 2.45) is 19.1 Å². The molecule has 0 aliphatic heterocycles. The van der Waals surface area contributed by atoms with Crippen molar-refractivity contribution in [3.05, 3.63) is 125 Å². The summed E-state index contributed by atoms with van der Waals surface area (Å²) < 4.78 is 67.3. The maximum absolute atomic E-state index is 13.0. The van der Waals surface area contributed by atoms with Crippen molar-refractivity contribution in [1.29, 1.82) is 0 Å². The first-order valence-corrected chi connectivity index (χ1v) is 19.6. The van der Waals surface area contributed by atoms with Crippen LogP contribution in [0.25, 0.3) is 21.8 Å². The van der Waals surface area contributed by atoms with Crippen LogP contribution in [-0.2, 0) is 38.7 Å². The van der Waals surface area contributed by atoms with Crippen molar-refractivity contribution in [1.82, 2.24) is 0 Å². The third-order valence-corrected chi connectivity index (χ3v) is 11.2. The molecule has 0 radical (unpaired) electrons. The van der Waals surface area contributed by atoms with Gasteiger partial charge in [0.2, 0.25) is 27.1 Å². The number of methoxy groups -OCH3 is 1. The normalized spacial score (nSPS) is 11.2. The zero-order valence-corrected chi connectivity index (χ0v) is 34.9. The van der Waals surface area contributed by atoms with Crippen molar-refractivity contribution in [3.63, 3.8) is 0 Å². The van der Waals surface area contributed by atoms with Gasteiger partial charge in [0.15, 0.2) is 11.1 Å². The van der Waals surface area contributed by atoms with Crippen LogP contribution in [0.4, 0.5) is 17.1 Å². The van der Waals surface area contributed by atoms with Gasteiger partial charge in [-0.2, -0.15) is 9.13 Å². The van der Waals surface area contributed by atoms with Gasteiger partial charge in [-0.25, -0.2) is 21.8 Å². The van der Waals surface area contributed by atoms with Crippen LogP contribution in [0.15, 0.2) is 119 Å². The van der Waals surface area contributed by atoms with Crippen molar-refractivity contribution < 1.29 is 51.8 Å². The number of rotatable bonds is 8. The number of sulfonamides is 1. The third-order valence-electron chi connectivity index (χ3n) is 8.21. The molecule has 0 bridgehead atoms. The summed E-state index contributed by atoms with van der Waals surface area (Å²) in [7, 11) is 3.66. The molecule has 6 rings (SSSR count). The average molecular weight is 849 g/mol. The highest BCUT2D eigenvalue weighted by molar-refractivity contribution is 7.93. The van der Waals surface area contributed by atoms with Gasteiger partial charge in [0.05, 0.1) is 52.6 Å². The van der Waals surface area contributed by atoms with E-state index in [2.05, 4.69) is 18.6 Å². The second-order valence-corrected chi connectivity index (χ2v) is 15.7. The van der Waals surface area contributed by atoms with Gasteiger partial charge in [-0.1, -0.05) is 53.5 Å². The van der Waals surface area contributed by atoms with E-state index in [9.17, 15) is 21.4 Å². The van der Waals surface area contributed by atoms with Gasteiger partial charge in [-0.05, 0) is 54.6 Å². The fraction of sp³-hybridized carbons (Fsp3) is 0.184. The number of hydrogen-bond acceptors (Lipinski definition) is 9. The highest BCUT2D eigenvalue weighted by atomic mass is 35.5. The maximum Gasteiger partial charge on any atom is 0.271 e. The monoisotopic (exact) mass is 847 g/mol. The Hall–Kier alpha value is -4.54. The lowest BCUT2D eigenvalue weighted by atomic mass is 10.2. The van der Waals surface area contributed by atoms with Gasteiger partial charge in [0.1, 0.15) is 19.8 Å². The lowest BCUT2D eigenvalue weighted by Gasteiger charge is -2.19. The van der Waals surface area contributed by atoms with Gasteiger partial charge in [0.25, 0.3) is 10.0 Å².